The Hall–Kier alpha value is -0.470. The molecule has 0 aromatic heterocycles. The minimum atomic E-state index is -0.240. The second-order valence-electron chi connectivity index (χ2n) is 3.60. The molecule has 70 valence electrons. The van der Waals surface area contributed by atoms with Crippen molar-refractivity contribution in [2.75, 3.05) is 5.75 Å². The van der Waals surface area contributed by atoms with Crippen LogP contribution in [0.2, 0.25) is 0 Å². The van der Waals surface area contributed by atoms with Crippen molar-refractivity contribution in [3.05, 3.63) is 28.8 Å². The topological polar surface area (TPSA) is 20.2 Å². The summed E-state index contributed by atoms with van der Waals surface area (Å²) in [7, 11) is 0. The standard InChI is InChI=1S/C11H14OS/c1-7-3-4-8(2)11-10(7)9(12)5-6-13-11/h3-4,9,12H,5-6H2,1-2H3. The summed E-state index contributed by atoms with van der Waals surface area (Å²) in [6.07, 6.45) is 0.651. The van der Waals surface area contributed by atoms with Crippen LogP contribution < -0.4 is 0 Å². The molecule has 1 nitrogen and oxygen atoms in total. The van der Waals surface area contributed by atoms with Crippen LogP contribution in [0, 0.1) is 13.8 Å². The summed E-state index contributed by atoms with van der Waals surface area (Å²) in [6.45, 7) is 4.19. The van der Waals surface area contributed by atoms with Crippen molar-refractivity contribution in [1.29, 1.82) is 0 Å². The Labute approximate surface area is 83.2 Å². The third kappa shape index (κ3) is 1.49. The Morgan fingerprint density at radius 2 is 2.00 bits per heavy atom. The van der Waals surface area contributed by atoms with E-state index in [0.717, 1.165) is 17.7 Å². The number of hydrogen-bond donors (Lipinski definition) is 1. The molecule has 1 heterocycles. The van der Waals surface area contributed by atoms with Crippen molar-refractivity contribution in [2.45, 2.75) is 31.3 Å². The minimum absolute atomic E-state index is 0.240. The van der Waals surface area contributed by atoms with Gasteiger partial charge in [-0.3, -0.25) is 0 Å². The maximum absolute atomic E-state index is 9.85. The van der Waals surface area contributed by atoms with Crippen LogP contribution in [-0.2, 0) is 0 Å². The third-order valence-corrected chi connectivity index (χ3v) is 3.85. The number of benzene rings is 1. The zero-order chi connectivity index (χ0) is 9.42. The van der Waals surface area contributed by atoms with Crippen molar-refractivity contribution in [2.24, 2.45) is 0 Å². The summed E-state index contributed by atoms with van der Waals surface area (Å²) < 4.78 is 0. The van der Waals surface area contributed by atoms with Crippen molar-refractivity contribution in [3.63, 3.8) is 0 Å². The van der Waals surface area contributed by atoms with Gasteiger partial charge in [0, 0.05) is 10.6 Å². The zero-order valence-corrected chi connectivity index (χ0v) is 8.82. The van der Waals surface area contributed by atoms with Crippen LogP contribution in [0.15, 0.2) is 17.0 Å². The molecule has 1 N–H and O–H groups in total. The normalized spacial score (nSPS) is 21.3. The fourth-order valence-corrected chi connectivity index (χ4v) is 3.12. The monoisotopic (exact) mass is 194 g/mol. The molecule has 0 amide bonds. The van der Waals surface area contributed by atoms with E-state index in [-0.39, 0.29) is 6.10 Å². The van der Waals surface area contributed by atoms with Gasteiger partial charge in [0.05, 0.1) is 6.10 Å². The van der Waals surface area contributed by atoms with Crippen molar-refractivity contribution >= 4 is 11.8 Å². The number of rotatable bonds is 0. The molecule has 0 spiro atoms. The Morgan fingerprint density at radius 3 is 2.69 bits per heavy atom. The SMILES string of the molecule is Cc1ccc(C)c2c1SCCC2O. The smallest absolute Gasteiger partial charge is 0.0811 e. The van der Waals surface area contributed by atoms with Crippen LogP contribution in [0.1, 0.15) is 29.2 Å². The molecule has 0 saturated carbocycles. The van der Waals surface area contributed by atoms with Gasteiger partial charge in [-0.1, -0.05) is 12.1 Å². The fraction of sp³-hybridized carbons (Fsp3) is 0.455. The van der Waals surface area contributed by atoms with E-state index < -0.39 is 0 Å². The first kappa shape index (κ1) is 9.10. The predicted molar refractivity (Wildman–Crippen MR) is 56.2 cm³/mol. The second kappa shape index (κ2) is 3.35. The second-order valence-corrected chi connectivity index (χ2v) is 4.70. The third-order valence-electron chi connectivity index (χ3n) is 2.58. The lowest BCUT2D eigenvalue weighted by atomic mass is 9.99. The predicted octanol–water partition coefficient (Wildman–Crippen LogP) is 2.83. The first-order valence-electron chi connectivity index (χ1n) is 4.61. The molecule has 1 aromatic rings. The summed E-state index contributed by atoms with van der Waals surface area (Å²) in [5.41, 5.74) is 3.68. The van der Waals surface area contributed by atoms with Crippen LogP contribution in [0.3, 0.4) is 0 Å². The van der Waals surface area contributed by atoms with E-state index in [1.807, 2.05) is 11.8 Å². The van der Waals surface area contributed by atoms with E-state index in [9.17, 15) is 5.11 Å². The molecule has 1 unspecified atom stereocenters. The summed E-state index contributed by atoms with van der Waals surface area (Å²) in [5.74, 6) is 1.04. The van der Waals surface area contributed by atoms with Gasteiger partial charge < -0.3 is 5.11 Å². The number of aryl methyl sites for hydroxylation is 2. The lowest BCUT2D eigenvalue weighted by Gasteiger charge is -2.24. The first-order valence-corrected chi connectivity index (χ1v) is 5.59. The van der Waals surface area contributed by atoms with E-state index in [2.05, 4.69) is 26.0 Å². The number of fused-ring (bicyclic) bond motifs is 1. The zero-order valence-electron chi connectivity index (χ0n) is 8.00. The molecule has 1 atom stereocenters. The Morgan fingerprint density at radius 1 is 1.31 bits per heavy atom. The van der Waals surface area contributed by atoms with Gasteiger partial charge in [-0.05, 0) is 37.0 Å². The Bertz CT molecular complexity index is 333. The number of thioether (sulfide) groups is 1. The highest BCUT2D eigenvalue weighted by Gasteiger charge is 2.21. The quantitative estimate of drug-likeness (QED) is 0.685. The fourth-order valence-electron chi connectivity index (χ4n) is 1.83. The van der Waals surface area contributed by atoms with Gasteiger partial charge >= 0.3 is 0 Å². The maximum atomic E-state index is 9.85. The lowest BCUT2D eigenvalue weighted by molar-refractivity contribution is 0.169. The largest absolute Gasteiger partial charge is 0.388 e. The van der Waals surface area contributed by atoms with E-state index in [4.69, 9.17) is 0 Å². The molecule has 0 aliphatic carbocycles. The van der Waals surface area contributed by atoms with E-state index in [0.29, 0.717) is 0 Å². The molecule has 2 rings (SSSR count). The van der Waals surface area contributed by atoms with Gasteiger partial charge in [-0.25, -0.2) is 0 Å². The highest BCUT2D eigenvalue weighted by molar-refractivity contribution is 7.99. The summed E-state index contributed by atoms with van der Waals surface area (Å²) in [4.78, 5) is 1.30. The molecule has 0 bridgehead atoms. The molecule has 2 heteroatoms. The molecule has 13 heavy (non-hydrogen) atoms. The Kier molecular flexibility index (Phi) is 2.35. The molecular weight excluding hydrogens is 180 g/mol. The van der Waals surface area contributed by atoms with Gasteiger partial charge in [0.25, 0.3) is 0 Å². The summed E-state index contributed by atoms with van der Waals surface area (Å²) in [6, 6.07) is 4.24. The van der Waals surface area contributed by atoms with Crippen LogP contribution in [0.25, 0.3) is 0 Å². The van der Waals surface area contributed by atoms with E-state index >= 15 is 0 Å². The molecule has 0 radical (unpaired) electrons. The van der Waals surface area contributed by atoms with Gasteiger partial charge in [0.2, 0.25) is 0 Å². The molecule has 1 aromatic carbocycles. The maximum Gasteiger partial charge on any atom is 0.0811 e. The van der Waals surface area contributed by atoms with Crippen molar-refractivity contribution in [3.8, 4) is 0 Å². The average molecular weight is 194 g/mol. The molecule has 1 aliphatic rings. The first-order chi connectivity index (χ1) is 6.20. The number of aliphatic hydroxyl groups excluding tert-OH is 1. The van der Waals surface area contributed by atoms with Crippen molar-refractivity contribution < 1.29 is 5.11 Å². The average Bonchev–Trinajstić information content (AvgIpc) is 2.12. The van der Waals surface area contributed by atoms with Crippen LogP contribution in [0.5, 0.6) is 0 Å². The summed E-state index contributed by atoms with van der Waals surface area (Å²) in [5, 5.41) is 9.85. The molecule has 0 saturated heterocycles. The van der Waals surface area contributed by atoms with Crippen LogP contribution in [-0.4, -0.2) is 10.9 Å². The molecule has 0 fully saturated rings. The lowest BCUT2D eigenvalue weighted by Crippen LogP contribution is -2.09. The number of aliphatic hydroxyl groups is 1. The Balaban J connectivity index is 2.60. The van der Waals surface area contributed by atoms with Gasteiger partial charge in [-0.2, -0.15) is 0 Å². The molecule has 1 aliphatic heterocycles. The minimum Gasteiger partial charge on any atom is -0.388 e. The van der Waals surface area contributed by atoms with Gasteiger partial charge in [-0.15, -0.1) is 11.8 Å². The number of hydrogen-bond acceptors (Lipinski definition) is 2. The molecular formula is C11H14OS. The summed E-state index contributed by atoms with van der Waals surface area (Å²) >= 11 is 1.87. The van der Waals surface area contributed by atoms with Gasteiger partial charge in [0.1, 0.15) is 0 Å². The van der Waals surface area contributed by atoms with Crippen LogP contribution >= 0.6 is 11.8 Å². The van der Waals surface area contributed by atoms with Crippen molar-refractivity contribution in [1.82, 2.24) is 0 Å². The van der Waals surface area contributed by atoms with Crippen LogP contribution in [0.4, 0.5) is 0 Å². The highest BCUT2D eigenvalue weighted by atomic mass is 32.2. The highest BCUT2D eigenvalue weighted by Crippen LogP contribution is 2.39. The van der Waals surface area contributed by atoms with Gasteiger partial charge in [0.15, 0.2) is 0 Å². The van der Waals surface area contributed by atoms with E-state index in [1.54, 1.807) is 0 Å². The van der Waals surface area contributed by atoms with E-state index in [1.165, 1.54) is 16.0 Å².